The van der Waals surface area contributed by atoms with Crippen molar-refractivity contribution in [2.75, 3.05) is 0 Å². The summed E-state index contributed by atoms with van der Waals surface area (Å²) >= 11 is 6.71. The fraction of sp³-hybridized carbons (Fsp3) is 0.0714. The van der Waals surface area contributed by atoms with Crippen molar-refractivity contribution in [3.63, 3.8) is 0 Å². The number of aryl methyl sites for hydroxylation is 1. The first-order chi connectivity index (χ1) is 17.7. The quantitative estimate of drug-likeness (QED) is 0.194. The second-order valence-corrected chi connectivity index (χ2v) is 11.4. The van der Waals surface area contributed by atoms with Crippen LogP contribution < -0.4 is 4.18 Å². The number of fused-ring (bicyclic) bond motifs is 1. The highest BCUT2D eigenvalue weighted by molar-refractivity contribution is 8.18. The number of benzene rings is 4. The molecule has 1 fully saturated rings. The van der Waals surface area contributed by atoms with Crippen LogP contribution in [0.15, 0.2) is 94.7 Å². The van der Waals surface area contributed by atoms with Crippen LogP contribution in [0.5, 0.6) is 5.75 Å². The number of halogens is 1. The molecule has 0 radical (unpaired) electrons. The molecule has 0 bridgehead atoms. The van der Waals surface area contributed by atoms with E-state index in [1.54, 1.807) is 24.3 Å². The van der Waals surface area contributed by atoms with Gasteiger partial charge in [-0.15, -0.1) is 0 Å². The van der Waals surface area contributed by atoms with Crippen molar-refractivity contribution in [1.82, 2.24) is 4.90 Å². The summed E-state index contributed by atoms with van der Waals surface area (Å²) in [5.74, 6) is -0.406. The number of rotatable bonds is 6. The zero-order valence-corrected chi connectivity index (χ0v) is 21.9. The Kier molecular flexibility index (Phi) is 6.81. The van der Waals surface area contributed by atoms with Crippen LogP contribution in [0.25, 0.3) is 16.8 Å². The highest BCUT2D eigenvalue weighted by Crippen LogP contribution is 2.38. The van der Waals surface area contributed by atoms with Gasteiger partial charge in [-0.2, -0.15) is 8.42 Å². The lowest BCUT2D eigenvalue weighted by atomic mass is 10.0. The molecule has 1 saturated heterocycles. The van der Waals surface area contributed by atoms with E-state index in [4.69, 9.17) is 15.8 Å². The monoisotopic (exact) mass is 549 g/mol. The van der Waals surface area contributed by atoms with Crippen LogP contribution in [0.1, 0.15) is 16.7 Å². The fourth-order valence-electron chi connectivity index (χ4n) is 3.99. The topological polar surface area (TPSA) is 80.8 Å². The predicted molar refractivity (Wildman–Crippen MR) is 146 cm³/mol. The number of carbonyl (C=O) groups is 2. The van der Waals surface area contributed by atoms with Crippen molar-refractivity contribution >= 4 is 61.5 Å². The zero-order chi connectivity index (χ0) is 26.2. The van der Waals surface area contributed by atoms with Crippen LogP contribution in [-0.4, -0.2) is 24.5 Å². The van der Waals surface area contributed by atoms with Crippen LogP contribution in [-0.2, 0) is 21.5 Å². The summed E-state index contributed by atoms with van der Waals surface area (Å²) in [6.07, 6.45) is 1.53. The van der Waals surface area contributed by atoms with Gasteiger partial charge in [0.25, 0.3) is 11.1 Å². The van der Waals surface area contributed by atoms with Crippen molar-refractivity contribution < 1.29 is 22.2 Å². The zero-order valence-electron chi connectivity index (χ0n) is 19.6. The molecule has 0 spiro atoms. The van der Waals surface area contributed by atoms with Crippen LogP contribution in [0.4, 0.5) is 4.79 Å². The van der Waals surface area contributed by atoms with Gasteiger partial charge < -0.3 is 4.18 Å². The Hall–Kier alpha value is -3.59. The Labute approximate surface area is 223 Å². The molecular weight excluding hydrogens is 530 g/mol. The summed E-state index contributed by atoms with van der Waals surface area (Å²) in [5.41, 5.74) is 2.23. The van der Waals surface area contributed by atoms with Crippen molar-refractivity contribution in [2.24, 2.45) is 0 Å². The molecule has 186 valence electrons. The third-order valence-electron chi connectivity index (χ3n) is 5.97. The lowest BCUT2D eigenvalue weighted by molar-refractivity contribution is -0.123. The molecule has 2 amide bonds. The van der Waals surface area contributed by atoms with Gasteiger partial charge in [-0.3, -0.25) is 14.5 Å². The van der Waals surface area contributed by atoms with E-state index >= 15 is 0 Å². The Morgan fingerprint density at radius 2 is 1.62 bits per heavy atom. The molecule has 0 atom stereocenters. The second kappa shape index (κ2) is 10.0. The number of carbonyl (C=O) groups excluding carboxylic acids is 2. The molecule has 0 saturated carbocycles. The van der Waals surface area contributed by atoms with E-state index in [0.717, 1.165) is 28.3 Å². The average molecular weight is 550 g/mol. The van der Waals surface area contributed by atoms with Crippen molar-refractivity contribution in [3.8, 4) is 5.75 Å². The van der Waals surface area contributed by atoms with Crippen molar-refractivity contribution in [1.29, 1.82) is 0 Å². The van der Waals surface area contributed by atoms with Gasteiger partial charge >= 0.3 is 10.1 Å². The van der Waals surface area contributed by atoms with Gasteiger partial charge in [0.05, 0.1) is 11.4 Å². The number of hydrogen-bond acceptors (Lipinski definition) is 6. The minimum absolute atomic E-state index is 0.0411. The first kappa shape index (κ1) is 25.1. The molecule has 0 N–H and O–H groups in total. The first-order valence-corrected chi connectivity index (χ1v) is 13.8. The second-order valence-electron chi connectivity index (χ2n) is 8.38. The van der Waals surface area contributed by atoms with E-state index in [9.17, 15) is 18.0 Å². The van der Waals surface area contributed by atoms with Gasteiger partial charge in [0.15, 0.2) is 5.75 Å². The molecule has 4 aromatic rings. The van der Waals surface area contributed by atoms with Crippen molar-refractivity contribution in [2.45, 2.75) is 18.4 Å². The molecule has 1 heterocycles. The Morgan fingerprint density at radius 3 is 2.38 bits per heavy atom. The highest BCUT2D eigenvalue weighted by Gasteiger charge is 2.35. The summed E-state index contributed by atoms with van der Waals surface area (Å²) in [4.78, 5) is 27.4. The van der Waals surface area contributed by atoms with Crippen LogP contribution in [0.3, 0.4) is 0 Å². The largest absolute Gasteiger partial charge is 0.378 e. The standard InChI is InChI=1S/C28H20ClNO5S2/c1-18-6-2-3-8-20(18)17-30-27(31)26(36-28(30)32)16-24-23-9-5-4-7-19(23)10-15-25(24)35-37(33,34)22-13-11-21(29)12-14-22/h2-16H,17H2,1H3/b26-16-. The summed E-state index contributed by atoms with van der Waals surface area (Å²) in [5, 5.41) is 1.50. The molecule has 0 aliphatic carbocycles. The third kappa shape index (κ3) is 5.13. The lowest BCUT2D eigenvalue weighted by Gasteiger charge is -2.14. The fourth-order valence-corrected chi connectivity index (χ4v) is 5.88. The number of hydrogen-bond donors (Lipinski definition) is 0. The van der Waals surface area contributed by atoms with Gasteiger partial charge in [-0.1, -0.05) is 66.2 Å². The van der Waals surface area contributed by atoms with Crippen LogP contribution in [0.2, 0.25) is 5.02 Å². The maximum absolute atomic E-state index is 13.3. The molecular formula is C28H20ClNO5S2. The molecule has 1 aliphatic heterocycles. The first-order valence-electron chi connectivity index (χ1n) is 11.2. The summed E-state index contributed by atoms with van der Waals surface area (Å²) in [6.45, 7) is 2.07. The summed E-state index contributed by atoms with van der Waals surface area (Å²) in [6, 6.07) is 23.8. The molecule has 1 aliphatic rings. The van der Waals surface area contributed by atoms with Gasteiger partial charge in [0, 0.05) is 10.6 Å². The number of amides is 2. The van der Waals surface area contributed by atoms with Gasteiger partial charge in [0.1, 0.15) is 4.90 Å². The Balaban J connectivity index is 1.55. The highest BCUT2D eigenvalue weighted by atomic mass is 35.5. The molecule has 5 rings (SSSR count). The number of thioether (sulfide) groups is 1. The molecule has 0 unspecified atom stereocenters. The Morgan fingerprint density at radius 1 is 0.919 bits per heavy atom. The van der Waals surface area contributed by atoms with E-state index in [-0.39, 0.29) is 22.1 Å². The minimum Gasteiger partial charge on any atom is -0.378 e. The van der Waals surface area contributed by atoms with E-state index in [2.05, 4.69) is 0 Å². The summed E-state index contributed by atoms with van der Waals surface area (Å²) < 4.78 is 31.6. The maximum Gasteiger partial charge on any atom is 0.339 e. The van der Waals surface area contributed by atoms with Crippen molar-refractivity contribution in [3.05, 3.63) is 112 Å². The van der Waals surface area contributed by atoms with E-state index in [0.29, 0.717) is 16.0 Å². The Bertz CT molecular complexity index is 1680. The molecule has 9 heteroatoms. The number of nitrogens with zero attached hydrogens (tertiary/aromatic N) is 1. The molecule has 4 aromatic carbocycles. The molecule has 0 aromatic heterocycles. The van der Waals surface area contributed by atoms with Crippen LogP contribution >= 0.6 is 23.4 Å². The SMILES string of the molecule is Cc1ccccc1CN1C(=O)S/C(=C\c2c(OS(=O)(=O)c3ccc(Cl)cc3)ccc3ccccc23)C1=O. The predicted octanol–water partition coefficient (Wildman–Crippen LogP) is 6.81. The minimum atomic E-state index is -4.19. The van der Waals surface area contributed by atoms with Gasteiger partial charge in [-0.05, 0) is 77.0 Å². The summed E-state index contributed by atoms with van der Waals surface area (Å²) in [7, 11) is -4.19. The van der Waals surface area contributed by atoms with E-state index in [1.807, 2.05) is 43.3 Å². The average Bonchev–Trinajstić information content (AvgIpc) is 3.14. The normalized spacial score (nSPS) is 15.1. The lowest BCUT2D eigenvalue weighted by Crippen LogP contribution is -2.27. The third-order valence-corrected chi connectivity index (χ3v) is 8.38. The smallest absolute Gasteiger partial charge is 0.339 e. The van der Waals surface area contributed by atoms with E-state index in [1.165, 1.54) is 35.2 Å². The van der Waals surface area contributed by atoms with E-state index < -0.39 is 21.3 Å². The number of imide groups is 1. The maximum atomic E-state index is 13.3. The van der Waals surface area contributed by atoms with Crippen LogP contribution in [0, 0.1) is 6.92 Å². The molecule has 37 heavy (non-hydrogen) atoms. The van der Waals surface area contributed by atoms with Gasteiger partial charge in [-0.25, -0.2) is 0 Å². The van der Waals surface area contributed by atoms with Gasteiger partial charge in [0.2, 0.25) is 0 Å². The molecule has 6 nitrogen and oxygen atoms in total.